The zero-order valence-electron chi connectivity index (χ0n) is 16.5. The standard InChI is InChI=1S/C23H20N2O4S/c1-3-17-19(22(28)29-2)20(15-9-5-4-6-10-15)25-21(27)18(30-23(25)24-17)13-14-8-7-11-16(26)12-14/h4-13,20,26H,3H2,1-2H3/b18-13-/t20-/m0/s1. The fourth-order valence-electron chi connectivity index (χ4n) is 3.58. The average molecular weight is 420 g/mol. The van der Waals surface area contributed by atoms with Gasteiger partial charge in [0.25, 0.3) is 5.56 Å². The van der Waals surface area contributed by atoms with E-state index in [1.165, 1.54) is 18.4 Å². The van der Waals surface area contributed by atoms with Gasteiger partial charge in [-0.3, -0.25) is 9.36 Å². The molecule has 4 rings (SSSR count). The smallest absolute Gasteiger partial charge is 0.338 e. The van der Waals surface area contributed by atoms with Crippen LogP contribution in [0.15, 0.2) is 75.7 Å². The van der Waals surface area contributed by atoms with Gasteiger partial charge in [0.2, 0.25) is 0 Å². The van der Waals surface area contributed by atoms with Gasteiger partial charge < -0.3 is 9.84 Å². The second kappa shape index (κ2) is 8.12. The van der Waals surface area contributed by atoms with Crippen molar-refractivity contribution in [2.24, 2.45) is 4.99 Å². The van der Waals surface area contributed by atoms with E-state index >= 15 is 0 Å². The third-order valence-corrected chi connectivity index (χ3v) is 5.92. The summed E-state index contributed by atoms with van der Waals surface area (Å²) in [6, 6.07) is 15.5. The van der Waals surface area contributed by atoms with Gasteiger partial charge in [0.15, 0.2) is 4.80 Å². The lowest BCUT2D eigenvalue weighted by Gasteiger charge is -2.25. The summed E-state index contributed by atoms with van der Waals surface area (Å²) in [5.41, 5.74) is 2.26. The lowest BCUT2D eigenvalue weighted by atomic mass is 9.95. The number of carbonyl (C=O) groups is 1. The lowest BCUT2D eigenvalue weighted by molar-refractivity contribution is -0.136. The number of carbonyl (C=O) groups excluding carboxylic acids is 1. The quantitative estimate of drug-likeness (QED) is 0.658. The Balaban J connectivity index is 2.01. The summed E-state index contributed by atoms with van der Waals surface area (Å²) in [5, 5.41) is 9.73. The van der Waals surface area contributed by atoms with Crippen molar-refractivity contribution in [1.29, 1.82) is 0 Å². The Labute approximate surface area is 176 Å². The molecule has 0 spiro atoms. The number of esters is 1. The highest BCUT2D eigenvalue weighted by Gasteiger charge is 2.33. The fraction of sp³-hybridized carbons (Fsp3) is 0.174. The minimum absolute atomic E-state index is 0.125. The van der Waals surface area contributed by atoms with Gasteiger partial charge in [-0.25, -0.2) is 9.79 Å². The van der Waals surface area contributed by atoms with Crippen molar-refractivity contribution in [2.45, 2.75) is 19.4 Å². The van der Waals surface area contributed by atoms with Gasteiger partial charge in [-0.05, 0) is 35.8 Å². The second-order valence-corrected chi connectivity index (χ2v) is 7.80. The zero-order chi connectivity index (χ0) is 21.3. The van der Waals surface area contributed by atoms with Crippen molar-refractivity contribution in [3.8, 4) is 5.75 Å². The number of hydrogen-bond donors (Lipinski definition) is 1. The van der Waals surface area contributed by atoms with Crippen LogP contribution in [0.2, 0.25) is 0 Å². The van der Waals surface area contributed by atoms with E-state index in [9.17, 15) is 14.7 Å². The number of benzene rings is 2. The molecule has 0 amide bonds. The van der Waals surface area contributed by atoms with Gasteiger partial charge in [0.05, 0.1) is 29.0 Å². The van der Waals surface area contributed by atoms with Crippen molar-refractivity contribution in [3.63, 3.8) is 0 Å². The Bertz CT molecular complexity index is 1320. The fourth-order valence-corrected chi connectivity index (χ4v) is 4.60. The van der Waals surface area contributed by atoms with E-state index < -0.39 is 12.0 Å². The van der Waals surface area contributed by atoms with Crippen LogP contribution in [-0.2, 0) is 9.53 Å². The first-order valence-electron chi connectivity index (χ1n) is 9.50. The van der Waals surface area contributed by atoms with Gasteiger partial charge in [-0.1, -0.05) is 60.7 Å². The van der Waals surface area contributed by atoms with Crippen LogP contribution in [0, 0.1) is 0 Å². The molecule has 0 aliphatic carbocycles. The number of fused-ring (bicyclic) bond motifs is 1. The number of aromatic nitrogens is 1. The minimum Gasteiger partial charge on any atom is -0.508 e. The molecule has 1 aromatic heterocycles. The van der Waals surface area contributed by atoms with Crippen LogP contribution in [0.1, 0.15) is 30.5 Å². The van der Waals surface area contributed by atoms with E-state index in [4.69, 9.17) is 4.74 Å². The van der Waals surface area contributed by atoms with E-state index in [0.29, 0.717) is 32.6 Å². The van der Waals surface area contributed by atoms with E-state index in [0.717, 1.165) is 5.56 Å². The summed E-state index contributed by atoms with van der Waals surface area (Å²) in [5.74, 6) is -0.369. The lowest BCUT2D eigenvalue weighted by Crippen LogP contribution is -2.40. The molecule has 0 saturated carbocycles. The number of phenolic OH excluding ortho intramolecular Hbond substituents is 1. The topological polar surface area (TPSA) is 80.9 Å². The van der Waals surface area contributed by atoms with Crippen LogP contribution >= 0.6 is 11.3 Å². The Morgan fingerprint density at radius 2 is 2.00 bits per heavy atom. The van der Waals surface area contributed by atoms with Gasteiger partial charge in [0.1, 0.15) is 5.75 Å². The SMILES string of the molecule is CCC1=C(C(=O)OC)[C@H](c2ccccc2)n2c(s/c(=C\c3cccc(O)c3)c2=O)=N1. The molecule has 0 radical (unpaired) electrons. The first kappa shape index (κ1) is 19.8. The van der Waals surface area contributed by atoms with Crippen LogP contribution in [0.4, 0.5) is 0 Å². The molecule has 0 unspecified atom stereocenters. The first-order valence-corrected chi connectivity index (χ1v) is 10.3. The van der Waals surface area contributed by atoms with Gasteiger partial charge in [-0.2, -0.15) is 0 Å². The maximum atomic E-state index is 13.4. The summed E-state index contributed by atoms with van der Waals surface area (Å²) >= 11 is 1.26. The Morgan fingerprint density at radius 3 is 2.67 bits per heavy atom. The highest BCUT2D eigenvalue weighted by Crippen LogP contribution is 2.31. The first-order chi connectivity index (χ1) is 14.5. The predicted molar refractivity (Wildman–Crippen MR) is 115 cm³/mol. The number of methoxy groups -OCH3 is 1. The Morgan fingerprint density at radius 1 is 1.23 bits per heavy atom. The molecule has 1 aliphatic rings. The highest BCUT2D eigenvalue weighted by molar-refractivity contribution is 7.07. The highest BCUT2D eigenvalue weighted by atomic mass is 32.1. The van der Waals surface area contributed by atoms with E-state index in [1.807, 2.05) is 43.3 Å². The molecule has 1 atom stereocenters. The van der Waals surface area contributed by atoms with E-state index in [2.05, 4.69) is 4.99 Å². The summed E-state index contributed by atoms with van der Waals surface area (Å²) < 4.78 is 7.07. The van der Waals surface area contributed by atoms with Crippen molar-refractivity contribution in [3.05, 3.63) is 96.7 Å². The molecule has 1 N–H and O–H groups in total. The monoisotopic (exact) mass is 420 g/mol. The predicted octanol–water partition coefficient (Wildman–Crippen LogP) is 2.50. The number of nitrogens with zero attached hydrogens (tertiary/aromatic N) is 2. The number of hydrogen-bond acceptors (Lipinski definition) is 6. The number of aromatic hydroxyl groups is 1. The van der Waals surface area contributed by atoms with Crippen molar-refractivity contribution in [2.75, 3.05) is 7.11 Å². The maximum Gasteiger partial charge on any atom is 0.338 e. The molecule has 30 heavy (non-hydrogen) atoms. The number of rotatable bonds is 4. The Kier molecular flexibility index (Phi) is 5.37. The van der Waals surface area contributed by atoms with E-state index in [-0.39, 0.29) is 11.3 Å². The normalized spacial score (nSPS) is 16.2. The molecule has 7 heteroatoms. The van der Waals surface area contributed by atoms with Crippen molar-refractivity contribution < 1.29 is 14.6 Å². The molecule has 6 nitrogen and oxygen atoms in total. The third-order valence-electron chi connectivity index (χ3n) is 4.93. The molecule has 0 fully saturated rings. The molecule has 2 aromatic carbocycles. The number of allylic oxidation sites excluding steroid dienone is 1. The van der Waals surface area contributed by atoms with Crippen LogP contribution in [0.5, 0.6) is 5.75 Å². The van der Waals surface area contributed by atoms with Crippen LogP contribution in [0.25, 0.3) is 6.08 Å². The molecular weight excluding hydrogens is 400 g/mol. The summed E-state index contributed by atoms with van der Waals surface area (Å²) in [6.07, 6.45) is 2.25. The third kappa shape index (κ3) is 3.48. The molecule has 3 aromatic rings. The summed E-state index contributed by atoms with van der Waals surface area (Å²) in [4.78, 5) is 31.2. The Hall–Kier alpha value is -3.45. The minimum atomic E-state index is -0.615. The molecule has 0 bridgehead atoms. The molecule has 1 aliphatic heterocycles. The molecule has 152 valence electrons. The zero-order valence-corrected chi connectivity index (χ0v) is 17.3. The van der Waals surface area contributed by atoms with Crippen LogP contribution < -0.4 is 14.9 Å². The number of ether oxygens (including phenoxy) is 1. The summed E-state index contributed by atoms with van der Waals surface area (Å²) in [6.45, 7) is 1.92. The second-order valence-electron chi connectivity index (χ2n) is 6.79. The molecule has 0 saturated heterocycles. The average Bonchev–Trinajstić information content (AvgIpc) is 3.07. The van der Waals surface area contributed by atoms with Crippen LogP contribution in [0.3, 0.4) is 0 Å². The van der Waals surface area contributed by atoms with Crippen molar-refractivity contribution in [1.82, 2.24) is 4.57 Å². The van der Waals surface area contributed by atoms with Crippen LogP contribution in [-0.4, -0.2) is 22.8 Å². The van der Waals surface area contributed by atoms with E-state index in [1.54, 1.807) is 28.8 Å². The van der Waals surface area contributed by atoms with Gasteiger partial charge in [0, 0.05) is 0 Å². The largest absolute Gasteiger partial charge is 0.508 e. The number of thiazole rings is 1. The van der Waals surface area contributed by atoms with Crippen molar-refractivity contribution >= 4 is 23.4 Å². The summed E-state index contributed by atoms with van der Waals surface area (Å²) in [7, 11) is 1.33. The number of phenols is 1. The van der Waals surface area contributed by atoms with Gasteiger partial charge >= 0.3 is 5.97 Å². The maximum absolute atomic E-state index is 13.4. The molecular formula is C23H20N2O4S. The van der Waals surface area contributed by atoms with Gasteiger partial charge in [-0.15, -0.1) is 0 Å². The molecule has 2 heterocycles.